The number of benzene rings is 1. The number of ether oxygens (including phenoxy) is 2. The van der Waals surface area contributed by atoms with Crippen molar-refractivity contribution in [3.63, 3.8) is 0 Å². The third-order valence-corrected chi connectivity index (χ3v) is 3.65. The van der Waals surface area contributed by atoms with Crippen molar-refractivity contribution in [2.24, 2.45) is 0 Å². The van der Waals surface area contributed by atoms with Crippen LogP contribution in [0.25, 0.3) is 0 Å². The van der Waals surface area contributed by atoms with Crippen molar-refractivity contribution in [3.05, 3.63) is 50.8 Å². The van der Waals surface area contributed by atoms with E-state index in [9.17, 15) is 19.2 Å². The summed E-state index contributed by atoms with van der Waals surface area (Å²) in [5, 5.41) is 2.59. The summed E-state index contributed by atoms with van der Waals surface area (Å²) in [6.45, 7) is -0.348. The van der Waals surface area contributed by atoms with E-state index in [2.05, 4.69) is 10.3 Å². The van der Waals surface area contributed by atoms with E-state index < -0.39 is 17.2 Å². The molecule has 1 aromatic carbocycles. The van der Waals surface area contributed by atoms with Crippen LogP contribution in [0, 0.1) is 0 Å². The van der Waals surface area contributed by atoms with Crippen molar-refractivity contribution in [2.75, 3.05) is 33.6 Å². The van der Waals surface area contributed by atoms with E-state index in [4.69, 9.17) is 9.47 Å². The van der Waals surface area contributed by atoms with Crippen molar-refractivity contribution in [1.82, 2.24) is 14.5 Å². The van der Waals surface area contributed by atoms with E-state index in [1.807, 2.05) is 0 Å². The SMILES string of the molecule is COc1cc(NC(=O)Cn2ccc(=O)[nH]c2=O)c(C(=O)N(C)C)cc1OC. The first-order valence-electron chi connectivity index (χ1n) is 7.84. The molecular formula is C17H20N4O6. The average Bonchev–Trinajstić information content (AvgIpc) is 2.62. The highest BCUT2D eigenvalue weighted by atomic mass is 16.5. The highest BCUT2D eigenvalue weighted by molar-refractivity contribution is 6.04. The lowest BCUT2D eigenvalue weighted by Crippen LogP contribution is -2.33. The molecule has 2 aromatic rings. The van der Waals surface area contributed by atoms with Gasteiger partial charge in [0.25, 0.3) is 11.5 Å². The first kappa shape index (κ1) is 19.8. The Bertz CT molecular complexity index is 976. The standard InChI is InChI=1S/C17H20N4O6/c1-20(2)16(24)10-7-12(26-3)13(27-4)8-11(10)18-15(23)9-21-6-5-14(22)19-17(21)25/h5-8H,9H2,1-4H3,(H,18,23)(H,19,22,25). The summed E-state index contributed by atoms with van der Waals surface area (Å²) in [5.41, 5.74) is -0.876. The van der Waals surface area contributed by atoms with Gasteiger partial charge in [-0.2, -0.15) is 0 Å². The number of hydrogen-bond donors (Lipinski definition) is 2. The zero-order valence-electron chi connectivity index (χ0n) is 15.4. The van der Waals surface area contributed by atoms with Crippen LogP contribution in [-0.4, -0.2) is 54.6 Å². The fourth-order valence-corrected chi connectivity index (χ4v) is 2.31. The van der Waals surface area contributed by atoms with Crippen LogP contribution in [0.3, 0.4) is 0 Å². The summed E-state index contributed by atoms with van der Waals surface area (Å²) >= 11 is 0. The summed E-state index contributed by atoms with van der Waals surface area (Å²) < 4.78 is 11.4. The van der Waals surface area contributed by atoms with Gasteiger partial charge < -0.3 is 19.7 Å². The van der Waals surface area contributed by atoms with Crippen LogP contribution < -0.4 is 26.0 Å². The summed E-state index contributed by atoms with van der Waals surface area (Å²) in [7, 11) is 6.01. The van der Waals surface area contributed by atoms with Gasteiger partial charge >= 0.3 is 5.69 Å². The van der Waals surface area contributed by atoms with Gasteiger partial charge in [0.05, 0.1) is 25.5 Å². The van der Waals surface area contributed by atoms with Gasteiger partial charge in [-0.05, 0) is 6.07 Å². The van der Waals surface area contributed by atoms with Gasteiger partial charge in [-0.15, -0.1) is 0 Å². The molecule has 0 atom stereocenters. The monoisotopic (exact) mass is 376 g/mol. The molecule has 10 nitrogen and oxygen atoms in total. The molecule has 2 amide bonds. The lowest BCUT2D eigenvalue weighted by molar-refractivity contribution is -0.116. The molecule has 0 aliphatic rings. The van der Waals surface area contributed by atoms with Crippen LogP contribution in [-0.2, 0) is 11.3 Å². The molecule has 0 aliphatic carbocycles. The number of hydrogen-bond acceptors (Lipinski definition) is 6. The average molecular weight is 376 g/mol. The molecule has 0 radical (unpaired) electrons. The lowest BCUT2D eigenvalue weighted by Gasteiger charge is -2.18. The number of methoxy groups -OCH3 is 2. The molecule has 0 aliphatic heterocycles. The third-order valence-electron chi connectivity index (χ3n) is 3.65. The number of aromatic amines is 1. The van der Waals surface area contributed by atoms with E-state index in [0.29, 0.717) is 11.5 Å². The molecule has 0 saturated carbocycles. The minimum Gasteiger partial charge on any atom is -0.493 e. The molecule has 10 heteroatoms. The van der Waals surface area contributed by atoms with E-state index in [-0.39, 0.29) is 23.7 Å². The second kappa shape index (κ2) is 8.21. The second-order valence-electron chi connectivity index (χ2n) is 5.74. The number of nitrogens with one attached hydrogen (secondary N) is 2. The number of aromatic nitrogens is 2. The Morgan fingerprint density at radius 1 is 1.15 bits per heavy atom. The highest BCUT2D eigenvalue weighted by Crippen LogP contribution is 2.33. The number of amides is 2. The Kier molecular flexibility index (Phi) is 6.01. The van der Waals surface area contributed by atoms with E-state index in [1.165, 1.54) is 37.4 Å². The smallest absolute Gasteiger partial charge is 0.328 e. The van der Waals surface area contributed by atoms with Crippen LogP contribution in [0.5, 0.6) is 11.5 Å². The summed E-state index contributed by atoms with van der Waals surface area (Å²) in [5.74, 6) is -0.265. The Hall–Kier alpha value is -3.56. The van der Waals surface area contributed by atoms with Gasteiger partial charge in [0, 0.05) is 32.4 Å². The van der Waals surface area contributed by atoms with Crippen LogP contribution in [0.4, 0.5) is 5.69 Å². The Morgan fingerprint density at radius 2 is 1.78 bits per heavy atom. The summed E-state index contributed by atoms with van der Waals surface area (Å²) in [6, 6.07) is 4.05. The van der Waals surface area contributed by atoms with Crippen LogP contribution in [0.15, 0.2) is 34.0 Å². The van der Waals surface area contributed by atoms with Crippen LogP contribution in [0.1, 0.15) is 10.4 Å². The molecular weight excluding hydrogens is 356 g/mol. The minimum absolute atomic E-state index is 0.194. The molecule has 27 heavy (non-hydrogen) atoms. The second-order valence-corrected chi connectivity index (χ2v) is 5.74. The van der Waals surface area contributed by atoms with Crippen LogP contribution in [0.2, 0.25) is 0 Å². The Balaban J connectivity index is 2.37. The third kappa shape index (κ3) is 4.54. The lowest BCUT2D eigenvalue weighted by atomic mass is 10.1. The Morgan fingerprint density at radius 3 is 2.33 bits per heavy atom. The summed E-state index contributed by atoms with van der Waals surface area (Å²) in [6.07, 6.45) is 1.21. The van der Waals surface area contributed by atoms with Crippen molar-refractivity contribution in [2.45, 2.75) is 6.54 Å². The van der Waals surface area contributed by atoms with Crippen molar-refractivity contribution >= 4 is 17.5 Å². The molecule has 2 rings (SSSR count). The predicted molar refractivity (Wildman–Crippen MR) is 97.5 cm³/mol. The number of rotatable bonds is 6. The first-order chi connectivity index (χ1) is 12.8. The Labute approximate surface area is 154 Å². The number of H-pyrrole nitrogens is 1. The summed E-state index contributed by atoms with van der Waals surface area (Å²) in [4.78, 5) is 51.0. The molecule has 0 spiro atoms. The number of carbonyl (C=O) groups excluding carboxylic acids is 2. The number of nitrogens with zero attached hydrogens (tertiary/aromatic N) is 2. The molecule has 0 fully saturated rings. The predicted octanol–water partition coefficient (Wildman–Crippen LogP) is -0.106. The van der Waals surface area contributed by atoms with Crippen molar-refractivity contribution < 1.29 is 19.1 Å². The molecule has 1 aromatic heterocycles. The topological polar surface area (TPSA) is 123 Å². The van der Waals surface area contributed by atoms with Crippen molar-refractivity contribution in [3.8, 4) is 11.5 Å². The first-order valence-corrected chi connectivity index (χ1v) is 7.84. The molecule has 2 N–H and O–H groups in total. The van der Waals surface area contributed by atoms with Crippen molar-refractivity contribution in [1.29, 1.82) is 0 Å². The van der Waals surface area contributed by atoms with E-state index >= 15 is 0 Å². The van der Waals surface area contributed by atoms with Gasteiger partial charge in [0.15, 0.2) is 11.5 Å². The quantitative estimate of drug-likeness (QED) is 0.726. The molecule has 0 saturated heterocycles. The molecule has 0 bridgehead atoms. The number of anilines is 1. The maximum atomic E-state index is 12.4. The molecule has 0 unspecified atom stereocenters. The van der Waals surface area contributed by atoms with Gasteiger partial charge in [-0.1, -0.05) is 0 Å². The van der Waals surface area contributed by atoms with Gasteiger partial charge in [-0.25, -0.2) is 4.79 Å². The molecule has 1 heterocycles. The zero-order valence-corrected chi connectivity index (χ0v) is 15.4. The van der Waals surface area contributed by atoms with Gasteiger partial charge in [0.1, 0.15) is 6.54 Å². The zero-order chi connectivity index (χ0) is 20.1. The fourth-order valence-electron chi connectivity index (χ4n) is 2.31. The maximum absolute atomic E-state index is 12.4. The van der Waals surface area contributed by atoms with E-state index in [1.54, 1.807) is 14.1 Å². The minimum atomic E-state index is -0.713. The largest absolute Gasteiger partial charge is 0.493 e. The maximum Gasteiger partial charge on any atom is 0.328 e. The number of carbonyl (C=O) groups is 2. The van der Waals surface area contributed by atoms with Gasteiger partial charge in [0.2, 0.25) is 5.91 Å². The highest BCUT2D eigenvalue weighted by Gasteiger charge is 2.20. The van der Waals surface area contributed by atoms with E-state index in [0.717, 1.165) is 10.6 Å². The normalized spacial score (nSPS) is 10.2. The fraction of sp³-hybridized carbons (Fsp3) is 0.294. The van der Waals surface area contributed by atoms with Crippen LogP contribution >= 0.6 is 0 Å². The molecule has 144 valence electrons. The van der Waals surface area contributed by atoms with Gasteiger partial charge in [-0.3, -0.25) is 23.9 Å².